The number of rotatable bonds is 5. The molecule has 1 atom stereocenters. The Morgan fingerprint density at radius 3 is 2.93 bits per heavy atom. The van der Waals surface area contributed by atoms with Crippen molar-refractivity contribution in [1.82, 2.24) is 35.3 Å². The second-order valence-electron chi connectivity index (χ2n) is 6.71. The van der Waals surface area contributed by atoms with E-state index in [1.54, 1.807) is 23.0 Å². The number of carbonyl (C=O) groups is 1. The number of H-pyrrole nitrogens is 1. The van der Waals surface area contributed by atoms with E-state index in [2.05, 4.69) is 25.7 Å². The van der Waals surface area contributed by atoms with E-state index in [4.69, 9.17) is 0 Å². The highest BCUT2D eigenvalue weighted by atomic mass is 19.1. The molecule has 0 spiro atoms. The van der Waals surface area contributed by atoms with E-state index in [1.807, 2.05) is 4.90 Å². The molecule has 1 aliphatic rings. The number of aromatic nitrogens is 6. The van der Waals surface area contributed by atoms with Gasteiger partial charge in [-0.15, -0.1) is 5.10 Å². The average Bonchev–Trinajstić information content (AvgIpc) is 3.39. The van der Waals surface area contributed by atoms with Gasteiger partial charge in [-0.1, -0.05) is 12.1 Å². The van der Waals surface area contributed by atoms with Crippen molar-refractivity contribution in [3.8, 4) is 11.1 Å². The number of nitrogens with one attached hydrogen (secondary N) is 1. The third-order valence-electron chi connectivity index (χ3n) is 4.95. The van der Waals surface area contributed by atoms with Crippen molar-refractivity contribution in [1.29, 1.82) is 0 Å². The Kier molecular flexibility index (Phi) is 4.91. The Morgan fingerprint density at radius 1 is 1.30 bits per heavy atom. The van der Waals surface area contributed by atoms with Crippen LogP contribution in [0.2, 0.25) is 0 Å². The van der Waals surface area contributed by atoms with E-state index >= 15 is 0 Å². The van der Waals surface area contributed by atoms with Crippen LogP contribution in [0.5, 0.6) is 0 Å². The molecule has 2 aromatic heterocycles. The number of likely N-dealkylation sites (tertiary alicyclic amines) is 1. The third kappa shape index (κ3) is 3.86. The van der Waals surface area contributed by atoms with Crippen molar-refractivity contribution >= 4 is 5.91 Å². The number of aryl methyl sites for hydroxylation is 1. The predicted octanol–water partition coefficient (Wildman–Crippen LogP) is 2.00. The predicted molar refractivity (Wildman–Crippen MR) is 95.0 cm³/mol. The molecule has 3 aromatic rings. The number of hydrogen-bond donors (Lipinski definition) is 1. The Bertz CT molecular complexity index is 891. The molecular formula is C18H20FN7O. The molecule has 140 valence electrons. The zero-order valence-electron chi connectivity index (χ0n) is 14.8. The molecule has 4 rings (SSSR count). The van der Waals surface area contributed by atoms with Crippen LogP contribution in [-0.2, 0) is 11.3 Å². The first kappa shape index (κ1) is 17.3. The van der Waals surface area contributed by atoms with Gasteiger partial charge in [0.25, 0.3) is 0 Å². The number of hydrogen-bond acceptors (Lipinski definition) is 5. The SMILES string of the molecule is O=C(CCn1cnnn1)N1CCC[C@@H](c2[nH]ncc2-c2ccc(F)cc2)C1. The number of nitrogens with zero attached hydrogens (tertiary/aromatic N) is 6. The molecule has 9 heteroatoms. The lowest BCUT2D eigenvalue weighted by Crippen LogP contribution is -2.39. The van der Waals surface area contributed by atoms with E-state index < -0.39 is 0 Å². The van der Waals surface area contributed by atoms with Gasteiger partial charge in [-0.25, -0.2) is 9.07 Å². The monoisotopic (exact) mass is 369 g/mol. The smallest absolute Gasteiger partial charge is 0.224 e. The van der Waals surface area contributed by atoms with Gasteiger partial charge in [-0.3, -0.25) is 9.89 Å². The van der Waals surface area contributed by atoms with Crippen molar-refractivity contribution in [2.45, 2.75) is 31.7 Å². The number of halogens is 1. The first-order chi connectivity index (χ1) is 13.2. The number of amides is 1. The van der Waals surface area contributed by atoms with Crippen LogP contribution in [-0.4, -0.2) is 54.3 Å². The van der Waals surface area contributed by atoms with Crippen molar-refractivity contribution in [3.63, 3.8) is 0 Å². The number of piperidine rings is 1. The highest BCUT2D eigenvalue weighted by Crippen LogP contribution is 2.33. The second kappa shape index (κ2) is 7.65. The molecule has 1 saturated heterocycles. The minimum atomic E-state index is -0.263. The van der Waals surface area contributed by atoms with Crippen LogP contribution < -0.4 is 0 Å². The molecule has 8 nitrogen and oxygen atoms in total. The van der Waals surface area contributed by atoms with Crippen molar-refractivity contribution < 1.29 is 9.18 Å². The summed E-state index contributed by atoms with van der Waals surface area (Å²) in [6, 6.07) is 6.40. The first-order valence-electron chi connectivity index (χ1n) is 8.98. The summed E-state index contributed by atoms with van der Waals surface area (Å²) >= 11 is 0. The van der Waals surface area contributed by atoms with Gasteiger partial charge in [0.1, 0.15) is 12.1 Å². The fourth-order valence-electron chi connectivity index (χ4n) is 3.56. The van der Waals surface area contributed by atoms with Gasteiger partial charge in [0.15, 0.2) is 0 Å². The summed E-state index contributed by atoms with van der Waals surface area (Å²) in [5.41, 5.74) is 2.88. The van der Waals surface area contributed by atoms with Crippen LogP contribution in [0.3, 0.4) is 0 Å². The lowest BCUT2D eigenvalue weighted by molar-refractivity contribution is -0.132. The third-order valence-corrected chi connectivity index (χ3v) is 4.95. The van der Waals surface area contributed by atoms with Gasteiger partial charge in [0.05, 0.1) is 12.7 Å². The lowest BCUT2D eigenvalue weighted by Gasteiger charge is -2.32. The number of carbonyl (C=O) groups excluding carboxylic acids is 1. The molecule has 0 saturated carbocycles. The van der Waals surface area contributed by atoms with Gasteiger partial charge >= 0.3 is 0 Å². The van der Waals surface area contributed by atoms with E-state index in [1.165, 1.54) is 18.5 Å². The molecule has 0 unspecified atom stereocenters. The van der Waals surface area contributed by atoms with E-state index in [0.717, 1.165) is 36.2 Å². The van der Waals surface area contributed by atoms with E-state index in [9.17, 15) is 9.18 Å². The molecule has 1 aromatic carbocycles. The van der Waals surface area contributed by atoms with Crippen LogP contribution >= 0.6 is 0 Å². The molecule has 1 amide bonds. The summed E-state index contributed by atoms with van der Waals surface area (Å²) in [5.74, 6) is 0.0113. The van der Waals surface area contributed by atoms with Crippen LogP contribution in [0.15, 0.2) is 36.8 Å². The molecule has 3 heterocycles. The van der Waals surface area contributed by atoms with E-state index in [0.29, 0.717) is 19.5 Å². The normalized spacial score (nSPS) is 17.2. The fourth-order valence-corrected chi connectivity index (χ4v) is 3.56. The summed E-state index contributed by atoms with van der Waals surface area (Å²) in [5, 5.41) is 18.2. The van der Waals surface area contributed by atoms with Crippen LogP contribution in [0.1, 0.15) is 30.9 Å². The highest BCUT2D eigenvalue weighted by molar-refractivity contribution is 5.76. The summed E-state index contributed by atoms with van der Waals surface area (Å²) in [6.45, 7) is 1.87. The fraction of sp³-hybridized carbons (Fsp3) is 0.389. The quantitative estimate of drug-likeness (QED) is 0.743. The van der Waals surface area contributed by atoms with Crippen LogP contribution in [0.4, 0.5) is 4.39 Å². The molecule has 1 fully saturated rings. The number of aromatic amines is 1. The van der Waals surface area contributed by atoms with Crippen LogP contribution in [0, 0.1) is 5.82 Å². The molecule has 0 radical (unpaired) electrons. The topological polar surface area (TPSA) is 92.6 Å². The zero-order chi connectivity index (χ0) is 18.6. The van der Waals surface area contributed by atoms with Gasteiger partial charge in [0.2, 0.25) is 5.91 Å². The van der Waals surface area contributed by atoms with Gasteiger partial charge < -0.3 is 4.90 Å². The molecule has 27 heavy (non-hydrogen) atoms. The minimum absolute atomic E-state index is 0.0954. The van der Waals surface area contributed by atoms with Gasteiger partial charge in [-0.05, 0) is 41.0 Å². The maximum Gasteiger partial charge on any atom is 0.224 e. The largest absolute Gasteiger partial charge is 0.342 e. The molecular weight excluding hydrogens is 349 g/mol. The Morgan fingerprint density at radius 2 is 2.15 bits per heavy atom. The maximum atomic E-state index is 13.2. The average molecular weight is 369 g/mol. The summed E-state index contributed by atoms with van der Waals surface area (Å²) in [6.07, 6.45) is 5.55. The maximum absolute atomic E-state index is 13.2. The van der Waals surface area contributed by atoms with Crippen LogP contribution in [0.25, 0.3) is 11.1 Å². The van der Waals surface area contributed by atoms with Crippen molar-refractivity contribution in [3.05, 3.63) is 48.3 Å². The van der Waals surface area contributed by atoms with E-state index in [-0.39, 0.29) is 17.6 Å². The molecule has 1 aliphatic heterocycles. The summed E-state index contributed by atoms with van der Waals surface area (Å²) in [4.78, 5) is 14.5. The zero-order valence-corrected chi connectivity index (χ0v) is 14.8. The second-order valence-corrected chi connectivity index (χ2v) is 6.71. The summed E-state index contributed by atoms with van der Waals surface area (Å²) in [7, 11) is 0. The number of tetrazole rings is 1. The standard InChI is InChI=1S/C18H20FN7O/c19-15-5-3-13(4-6-15)16-10-20-22-18(16)14-2-1-8-25(11-14)17(27)7-9-26-12-21-23-24-26/h3-6,10,12,14H,1-2,7-9,11H2,(H,20,22)/t14-/m1/s1. The minimum Gasteiger partial charge on any atom is -0.342 e. The molecule has 1 N–H and O–H groups in total. The molecule has 0 aliphatic carbocycles. The highest BCUT2D eigenvalue weighted by Gasteiger charge is 2.27. The lowest BCUT2D eigenvalue weighted by atomic mass is 9.90. The van der Waals surface area contributed by atoms with Crippen molar-refractivity contribution in [2.24, 2.45) is 0 Å². The Balaban J connectivity index is 1.45. The number of benzene rings is 1. The molecule has 0 bridgehead atoms. The van der Waals surface area contributed by atoms with Gasteiger partial charge in [-0.2, -0.15) is 5.10 Å². The Hall–Kier alpha value is -3.10. The van der Waals surface area contributed by atoms with Gasteiger partial charge in [0, 0.05) is 36.7 Å². The Labute approximate surface area is 155 Å². The first-order valence-corrected chi connectivity index (χ1v) is 8.98. The van der Waals surface area contributed by atoms with Crippen molar-refractivity contribution in [2.75, 3.05) is 13.1 Å². The summed E-state index contributed by atoms with van der Waals surface area (Å²) < 4.78 is 14.8.